The van der Waals surface area contributed by atoms with E-state index in [0.29, 0.717) is 24.2 Å². The van der Waals surface area contributed by atoms with Crippen molar-refractivity contribution in [3.8, 4) is 0 Å². The van der Waals surface area contributed by atoms with Gasteiger partial charge < -0.3 is 15.2 Å². The number of carbonyl (C=O) groups is 1. The highest BCUT2D eigenvalue weighted by Gasteiger charge is 2.43. The molecule has 0 aliphatic heterocycles. The summed E-state index contributed by atoms with van der Waals surface area (Å²) >= 11 is 0. The van der Waals surface area contributed by atoms with Crippen molar-refractivity contribution in [3.63, 3.8) is 0 Å². The Kier molecular flexibility index (Phi) is 4.27. The van der Waals surface area contributed by atoms with E-state index in [1.54, 1.807) is 14.0 Å². The lowest BCUT2D eigenvalue weighted by molar-refractivity contribution is -0.720. The quantitative estimate of drug-likeness (QED) is 0.482. The minimum absolute atomic E-state index is 0.314. The Balaban J connectivity index is 2.57. The zero-order valence-electron chi connectivity index (χ0n) is 12.2. The molecule has 1 saturated carbocycles. The summed E-state index contributed by atoms with van der Waals surface area (Å²) in [6, 6.07) is 0. The van der Waals surface area contributed by atoms with Gasteiger partial charge in [0.2, 0.25) is 5.28 Å². The van der Waals surface area contributed by atoms with Gasteiger partial charge in [0.15, 0.2) is 0 Å². The van der Waals surface area contributed by atoms with Crippen LogP contribution in [0, 0.1) is 10.6 Å². The highest BCUT2D eigenvalue weighted by Crippen LogP contribution is 2.39. The van der Waals surface area contributed by atoms with E-state index < -0.39 is 11.4 Å². The van der Waals surface area contributed by atoms with Crippen molar-refractivity contribution in [2.75, 3.05) is 7.05 Å². The maximum absolute atomic E-state index is 11.7. The summed E-state index contributed by atoms with van der Waals surface area (Å²) in [5, 5.41) is 25.7. The topological polar surface area (TPSA) is 88.2 Å². The molecule has 19 heavy (non-hydrogen) atoms. The molecule has 2 atom stereocenters. The normalized spacial score (nSPS) is 28.3. The van der Waals surface area contributed by atoms with Gasteiger partial charge in [0.1, 0.15) is 6.10 Å². The van der Waals surface area contributed by atoms with Crippen molar-refractivity contribution in [2.45, 2.75) is 58.6 Å². The first-order valence-corrected chi connectivity index (χ1v) is 6.37. The number of carboxylic acid groups (broad SMARTS) is 1. The highest BCUT2D eigenvalue weighted by molar-refractivity contribution is 5.74. The molecule has 0 saturated heterocycles. The summed E-state index contributed by atoms with van der Waals surface area (Å²) in [6.45, 7) is 7.33. The molecule has 7 nitrogen and oxygen atoms in total. The standard InChI is InChI=1S/C12H23N3O4/c1-11(2,3)14(5)15(18)13-19-9-6-7-12(4,8-9)10(16)17/h9H,6-8H2,1-5H3,(H,16,17)/b15-13-. The predicted molar refractivity (Wildman–Crippen MR) is 68.0 cm³/mol. The van der Waals surface area contributed by atoms with Crippen LogP contribution in [0.5, 0.6) is 0 Å². The third kappa shape index (κ3) is 3.71. The van der Waals surface area contributed by atoms with Crippen molar-refractivity contribution >= 4 is 5.97 Å². The molecule has 0 aromatic rings. The van der Waals surface area contributed by atoms with Crippen molar-refractivity contribution in [1.29, 1.82) is 0 Å². The minimum atomic E-state index is -0.829. The summed E-state index contributed by atoms with van der Waals surface area (Å²) in [5.74, 6) is -0.829. The Morgan fingerprint density at radius 3 is 2.58 bits per heavy atom. The molecule has 0 heterocycles. The molecule has 0 spiro atoms. The lowest BCUT2D eigenvalue weighted by Gasteiger charge is -2.26. The molecule has 110 valence electrons. The van der Waals surface area contributed by atoms with Crippen LogP contribution in [0.25, 0.3) is 0 Å². The molecular weight excluding hydrogens is 250 g/mol. The number of rotatable bonds is 4. The van der Waals surface area contributed by atoms with Gasteiger partial charge >= 0.3 is 5.97 Å². The van der Waals surface area contributed by atoms with Gasteiger partial charge in [-0.25, -0.2) is 0 Å². The largest absolute Gasteiger partial charge is 0.569 e. The fourth-order valence-corrected chi connectivity index (χ4v) is 1.89. The van der Waals surface area contributed by atoms with E-state index >= 15 is 0 Å². The van der Waals surface area contributed by atoms with Crippen molar-refractivity contribution in [1.82, 2.24) is 5.01 Å². The molecule has 1 N–H and O–H groups in total. The summed E-state index contributed by atoms with van der Waals surface area (Å²) in [5.41, 5.74) is -1.14. The van der Waals surface area contributed by atoms with E-state index in [1.165, 1.54) is 5.01 Å². The van der Waals surface area contributed by atoms with Crippen LogP contribution < -0.4 is 0 Å². The fraction of sp³-hybridized carbons (Fsp3) is 0.917. The van der Waals surface area contributed by atoms with Crippen LogP contribution in [0.3, 0.4) is 0 Å². The van der Waals surface area contributed by atoms with Gasteiger partial charge in [0.25, 0.3) is 0 Å². The lowest BCUT2D eigenvalue weighted by Crippen LogP contribution is -2.42. The molecule has 1 fully saturated rings. The van der Waals surface area contributed by atoms with E-state index in [9.17, 15) is 10.0 Å². The van der Waals surface area contributed by atoms with Crippen LogP contribution in [0.2, 0.25) is 0 Å². The minimum Gasteiger partial charge on any atom is -0.569 e. The number of hydrogen-bond donors (Lipinski definition) is 1. The van der Waals surface area contributed by atoms with Crippen LogP contribution in [-0.2, 0) is 9.63 Å². The van der Waals surface area contributed by atoms with Gasteiger partial charge in [0.05, 0.1) is 23.0 Å². The molecule has 0 aromatic heterocycles. The van der Waals surface area contributed by atoms with E-state index in [-0.39, 0.29) is 11.6 Å². The summed E-state index contributed by atoms with van der Waals surface area (Å²) in [7, 11) is 1.62. The number of aliphatic carboxylic acids is 1. The zero-order chi connectivity index (χ0) is 14.8. The highest BCUT2D eigenvalue weighted by atomic mass is 16.7. The zero-order valence-corrected chi connectivity index (χ0v) is 12.2. The molecule has 0 amide bonds. The Morgan fingerprint density at radius 2 is 2.16 bits per heavy atom. The number of carboxylic acids is 1. The van der Waals surface area contributed by atoms with E-state index in [1.807, 2.05) is 20.8 Å². The first kappa shape index (κ1) is 15.5. The van der Waals surface area contributed by atoms with E-state index in [2.05, 4.69) is 5.28 Å². The Morgan fingerprint density at radius 1 is 1.58 bits per heavy atom. The Labute approximate surface area is 113 Å². The molecule has 0 aromatic carbocycles. The second-order valence-electron chi connectivity index (χ2n) is 6.36. The van der Waals surface area contributed by atoms with Gasteiger partial charge in [-0.15, -0.1) is 5.01 Å². The molecule has 2 unspecified atom stereocenters. The maximum atomic E-state index is 11.7. The van der Waals surface area contributed by atoms with Crippen molar-refractivity contribution < 1.29 is 19.7 Å². The third-order valence-corrected chi connectivity index (χ3v) is 3.71. The number of nitrogens with zero attached hydrogens (tertiary/aromatic N) is 3. The van der Waals surface area contributed by atoms with Crippen LogP contribution in [0.4, 0.5) is 0 Å². The maximum Gasteiger partial charge on any atom is 0.309 e. The number of hydrazine groups is 1. The van der Waals surface area contributed by atoms with Gasteiger partial charge in [-0.2, -0.15) is 0 Å². The van der Waals surface area contributed by atoms with Crippen LogP contribution in [0.15, 0.2) is 5.28 Å². The van der Waals surface area contributed by atoms with Crippen molar-refractivity contribution in [2.24, 2.45) is 10.7 Å². The lowest BCUT2D eigenvalue weighted by atomic mass is 9.89. The third-order valence-electron chi connectivity index (χ3n) is 3.71. The average molecular weight is 273 g/mol. The van der Waals surface area contributed by atoms with Gasteiger partial charge in [-0.1, -0.05) is 0 Å². The molecule has 1 aliphatic carbocycles. The summed E-state index contributed by atoms with van der Waals surface area (Å²) < 4.78 is 0. The van der Waals surface area contributed by atoms with Crippen LogP contribution in [0.1, 0.15) is 47.0 Å². The van der Waals surface area contributed by atoms with E-state index in [4.69, 9.17) is 9.94 Å². The Bertz CT molecular complexity index is 378. The molecule has 1 aliphatic rings. The first-order chi connectivity index (χ1) is 8.56. The smallest absolute Gasteiger partial charge is 0.309 e. The molecule has 1 rings (SSSR count). The van der Waals surface area contributed by atoms with Crippen molar-refractivity contribution in [3.05, 3.63) is 5.21 Å². The fourth-order valence-electron chi connectivity index (χ4n) is 1.89. The summed E-state index contributed by atoms with van der Waals surface area (Å²) in [6.07, 6.45) is 1.19. The molecule has 7 heteroatoms. The van der Waals surface area contributed by atoms with Gasteiger partial charge in [-0.05, 0) is 40.5 Å². The van der Waals surface area contributed by atoms with Crippen LogP contribution >= 0.6 is 0 Å². The predicted octanol–water partition coefficient (Wildman–Crippen LogP) is 2.17. The average Bonchev–Trinajstić information content (AvgIpc) is 2.67. The molecule has 0 bridgehead atoms. The van der Waals surface area contributed by atoms with Gasteiger partial charge in [-0.3, -0.25) is 4.79 Å². The molecule has 0 radical (unpaired) electrons. The molecular formula is C12H23N3O4. The monoisotopic (exact) mass is 273 g/mol. The van der Waals surface area contributed by atoms with Gasteiger partial charge in [0, 0.05) is 6.42 Å². The summed E-state index contributed by atoms with van der Waals surface area (Å²) in [4.78, 5) is 16.6. The van der Waals surface area contributed by atoms with E-state index in [0.717, 1.165) is 0 Å². The second-order valence-corrected chi connectivity index (χ2v) is 6.36. The van der Waals surface area contributed by atoms with Crippen LogP contribution in [-0.4, -0.2) is 39.7 Å². The number of hydrogen-bond acceptors (Lipinski definition) is 4. The Hall–Kier alpha value is -1.53. The first-order valence-electron chi connectivity index (χ1n) is 6.37. The SMILES string of the molecule is CN(/[N+]([O-])=N/OC1CCC(C)(C(=O)O)C1)C(C)(C)C. The second kappa shape index (κ2) is 5.22.